The number of piperidine rings is 1. The van der Waals surface area contributed by atoms with E-state index in [1.165, 1.54) is 5.56 Å². The van der Waals surface area contributed by atoms with Gasteiger partial charge in [-0.2, -0.15) is 8.42 Å². The highest BCUT2D eigenvalue weighted by Crippen LogP contribution is 2.36. The molecule has 1 spiro atoms. The first-order valence-electron chi connectivity index (χ1n) is 8.23. The monoisotopic (exact) mass is 375 g/mol. The minimum atomic E-state index is -3.40. The van der Waals surface area contributed by atoms with Crippen molar-refractivity contribution < 1.29 is 17.3 Å². The van der Waals surface area contributed by atoms with Gasteiger partial charge < -0.3 is 4.74 Å². The Bertz CT molecular complexity index is 615. The van der Waals surface area contributed by atoms with Gasteiger partial charge in [0.2, 0.25) is 0 Å². The highest BCUT2D eigenvalue weighted by Gasteiger charge is 2.41. The lowest BCUT2D eigenvalue weighted by molar-refractivity contribution is -0.138. The predicted octanol–water partition coefficient (Wildman–Crippen LogP) is 2.60. The third-order valence-electron chi connectivity index (χ3n) is 4.77. The number of hydrogen-bond donors (Lipinski definition) is 0. The Kier molecular flexibility index (Phi) is 6.67. The van der Waals surface area contributed by atoms with E-state index in [4.69, 9.17) is 8.92 Å². The number of ether oxygens (including phenoxy) is 1. The Morgan fingerprint density at radius 3 is 2.54 bits per heavy atom. The van der Waals surface area contributed by atoms with E-state index in [1.54, 1.807) is 0 Å². The summed E-state index contributed by atoms with van der Waals surface area (Å²) >= 11 is 0. The Labute approximate surface area is 150 Å². The molecule has 24 heavy (non-hydrogen) atoms. The molecule has 2 aliphatic rings. The van der Waals surface area contributed by atoms with Crippen LogP contribution in [0.3, 0.4) is 0 Å². The van der Waals surface area contributed by atoms with E-state index in [2.05, 4.69) is 29.2 Å². The van der Waals surface area contributed by atoms with Gasteiger partial charge in [-0.25, -0.2) is 0 Å². The van der Waals surface area contributed by atoms with E-state index < -0.39 is 10.1 Å². The average molecular weight is 376 g/mol. The summed E-state index contributed by atoms with van der Waals surface area (Å²) in [6, 6.07) is 10.5. The van der Waals surface area contributed by atoms with Gasteiger partial charge in [0, 0.05) is 32.7 Å². The zero-order chi connectivity index (χ0) is 16.3. The summed E-state index contributed by atoms with van der Waals surface area (Å²) in [7, 11) is -3.40. The highest BCUT2D eigenvalue weighted by atomic mass is 35.5. The normalized spacial score (nSPS) is 24.5. The lowest BCUT2D eigenvalue weighted by Crippen LogP contribution is -2.50. The number of halogens is 1. The van der Waals surface area contributed by atoms with Crippen LogP contribution in [0.15, 0.2) is 30.3 Å². The number of rotatable bonds is 4. The fourth-order valence-electron chi connectivity index (χ4n) is 3.62. The van der Waals surface area contributed by atoms with Crippen molar-refractivity contribution in [3.63, 3.8) is 0 Å². The SMILES string of the molecule is CS(=O)(=O)OC1CCOC2(CCN(Cc3ccccc3)CC2)C1.Cl. The first-order valence-corrected chi connectivity index (χ1v) is 10.0. The van der Waals surface area contributed by atoms with Gasteiger partial charge >= 0.3 is 0 Å². The molecule has 1 aromatic carbocycles. The molecular formula is C17H26ClNO4S. The summed E-state index contributed by atoms with van der Waals surface area (Å²) in [6.07, 6.45) is 4.09. The first-order chi connectivity index (χ1) is 10.9. The molecule has 0 amide bonds. The Balaban J connectivity index is 0.00000208. The summed E-state index contributed by atoms with van der Waals surface area (Å²) in [5.41, 5.74) is 1.12. The van der Waals surface area contributed by atoms with Crippen molar-refractivity contribution in [1.29, 1.82) is 0 Å². The fraction of sp³-hybridized carbons (Fsp3) is 0.647. The zero-order valence-corrected chi connectivity index (χ0v) is 15.7. The van der Waals surface area contributed by atoms with Gasteiger partial charge in [-0.15, -0.1) is 12.4 Å². The Morgan fingerprint density at radius 2 is 1.92 bits per heavy atom. The zero-order valence-electron chi connectivity index (χ0n) is 14.0. The molecule has 0 radical (unpaired) electrons. The second-order valence-corrected chi connectivity index (χ2v) is 8.31. The van der Waals surface area contributed by atoms with Crippen molar-refractivity contribution in [3.8, 4) is 0 Å². The third-order valence-corrected chi connectivity index (χ3v) is 5.40. The first kappa shape index (κ1) is 19.7. The lowest BCUT2D eigenvalue weighted by Gasteiger charge is -2.45. The van der Waals surface area contributed by atoms with Crippen molar-refractivity contribution in [2.45, 2.75) is 43.9 Å². The van der Waals surface area contributed by atoms with Gasteiger partial charge in [-0.05, 0) is 24.8 Å². The summed E-state index contributed by atoms with van der Waals surface area (Å²) < 4.78 is 34.0. The van der Waals surface area contributed by atoms with Crippen molar-refractivity contribution in [2.75, 3.05) is 26.0 Å². The Hall–Kier alpha value is -0.660. The summed E-state index contributed by atoms with van der Waals surface area (Å²) in [6.45, 7) is 3.49. The van der Waals surface area contributed by atoms with E-state index in [0.717, 1.165) is 38.7 Å². The maximum absolute atomic E-state index is 11.4. The summed E-state index contributed by atoms with van der Waals surface area (Å²) in [5.74, 6) is 0. The number of benzene rings is 1. The van der Waals surface area contributed by atoms with Crippen molar-refractivity contribution >= 4 is 22.5 Å². The maximum Gasteiger partial charge on any atom is 0.264 e. The van der Waals surface area contributed by atoms with Crippen LogP contribution < -0.4 is 0 Å². The molecule has 2 saturated heterocycles. The molecule has 0 aliphatic carbocycles. The highest BCUT2D eigenvalue weighted by molar-refractivity contribution is 7.86. The quantitative estimate of drug-likeness (QED) is 0.757. The standard InChI is InChI=1S/C17H25NO4S.ClH/c1-23(19,20)22-16-7-12-21-17(13-16)8-10-18(11-9-17)14-15-5-3-2-4-6-15;/h2-6,16H,7-14H2,1H3;1H. The van der Waals surface area contributed by atoms with Gasteiger partial charge in [0.25, 0.3) is 10.1 Å². The van der Waals surface area contributed by atoms with Gasteiger partial charge in [0.15, 0.2) is 0 Å². The van der Waals surface area contributed by atoms with Crippen LogP contribution in [0.5, 0.6) is 0 Å². The third kappa shape index (κ3) is 5.43. The van der Waals surface area contributed by atoms with E-state index in [1.807, 2.05) is 6.07 Å². The molecule has 0 bridgehead atoms. The molecule has 1 aromatic rings. The van der Waals surface area contributed by atoms with Crippen molar-refractivity contribution in [2.24, 2.45) is 0 Å². The van der Waals surface area contributed by atoms with Crippen molar-refractivity contribution in [3.05, 3.63) is 35.9 Å². The number of likely N-dealkylation sites (tertiary alicyclic amines) is 1. The van der Waals surface area contributed by atoms with Crippen LogP contribution in [0.2, 0.25) is 0 Å². The Morgan fingerprint density at radius 1 is 1.25 bits per heavy atom. The average Bonchev–Trinajstić information content (AvgIpc) is 2.50. The maximum atomic E-state index is 11.4. The lowest BCUT2D eigenvalue weighted by atomic mass is 9.83. The molecular weight excluding hydrogens is 350 g/mol. The topological polar surface area (TPSA) is 55.8 Å². The van der Waals surface area contributed by atoms with Crippen molar-refractivity contribution in [1.82, 2.24) is 4.90 Å². The molecule has 0 saturated carbocycles. The van der Waals surface area contributed by atoms with E-state index >= 15 is 0 Å². The molecule has 3 rings (SSSR count). The van der Waals surface area contributed by atoms with Gasteiger partial charge in [-0.3, -0.25) is 9.08 Å². The molecule has 0 N–H and O–H groups in total. The molecule has 1 unspecified atom stereocenters. The summed E-state index contributed by atoms with van der Waals surface area (Å²) in [5, 5.41) is 0. The van der Waals surface area contributed by atoms with Gasteiger partial charge in [0.05, 0.1) is 18.0 Å². The molecule has 2 fully saturated rings. The predicted molar refractivity (Wildman–Crippen MR) is 95.8 cm³/mol. The smallest absolute Gasteiger partial charge is 0.264 e. The molecule has 7 heteroatoms. The minimum absolute atomic E-state index is 0. The number of nitrogens with zero attached hydrogens (tertiary/aromatic N) is 1. The van der Waals surface area contributed by atoms with Crippen LogP contribution in [0.25, 0.3) is 0 Å². The van der Waals surface area contributed by atoms with E-state index in [9.17, 15) is 8.42 Å². The largest absolute Gasteiger partial charge is 0.375 e. The second kappa shape index (κ2) is 8.15. The van der Waals surface area contributed by atoms with E-state index in [-0.39, 0.29) is 24.1 Å². The number of hydrogen-bond acceptors (Lipinski definition) is 5. The van der Waals surface area contributed by atoms with Crippen LogP contribution in [0, 0.1) is 0 Å². The van der Waals surface area contributed by atoms with Crippen LogP contribution in [-0.2, 0) is 25.6 Å². The molecule has 5 nitrogen and oxygen atoms in total. The fourth-order valence-corrected chi connectivity index (χ4v) is 4.28. The minimum Gasteiger partial charge on any atom is -0.375 e. The van der Waals surface area contributed by atoms with Crippen LogP contribution in [0.4, 0.5) is 0 Å². The second-order valence-electron chi connectivity index (χ2n) is 6.71. The van der Waals surface area contributed by atoms with Crippen LogP contribution in [-0.4, -0.2) is 51.0 Å². The molecule has 2 aliphatic heterocycles. The molecule has 136 valence electrons. The van der Waals surface area contributed by atoms with Crippen LogP contribution >= 0.6 is 12.4 Å². The molecule has 1 atom stereocenters. The molecule has 2 heterocycles. The summed E-state index contributed by atoms with van der Waals surface area (Å²) in [4.78, 5) is 2.44. The van der Waals surface area contributed by atoms with Crippen LogP contribution in [0.1, 0.15) is 31.2 Å². The molecule has 0 aromatic heterocycles. The van der Waals surface area contributed by atoms with Gasteiger partial charge in [0.1, 0.15) is 0 Å². The van der Waals surface area contributed by atoms with E-state index in [0.29, 0.717) is 19.4 Å². The van der Waals surface area contributed by atoms with Gasteiger partial charge in [-0.1, -0.05) is 30.3 Å².